The molecule has 0 aliphatic carbocycles. The lowest BCUT2D eigenvalue weighted by molar-refractivity contribution is -0.116. The molecular weight excluding hydrogens is 280 g/mol. The summed E-state index contributed by atoms with van der Waals surface area (Å²) in [6, 6.07) is 17.6. The van der Waals surface area contributed by atoms with Gasteiger partial charge in [-0.15, -0.1) is 0 Å². The van der Waals surface area contributed by atoms with Gasteiger partial charge < -0.3 is 15.4 Å². The van der Waals surface area contributed by atoms with Crippen molar-refractivity contribution in [2.45, 2.75) is 6.42 Å². The Bertz CT molecular complexity index is 624. The van der Waals surface area contributed by atoms with E-state index in [0.29, 0.717) is 0 Å². The second-order valence-corrected chi connectivity index (χ2v) is 4.66. The molecule has 0 heterocycles. The minimum Gasteiger partial charge on any atom is -0.453 e. The van der Waals surface area contributed by atoms with Crippen molar-refractivity contribution >= 4 is 17.7 Å². The Balaban J connectivity index is 1.86. The predicted molar refractivity (Wildman–Crippen MR) is 85.5 cm³/mol. The molecule has 0 aliphatic heterocycles. The van der Waals surface area contributed by atoms with E-state index in [1.807, 2.05) is 54.6 Å². The topological polar surface area (TPSA) is 67.4 Å². The molecule has 5 heteroatoms. The number of nitrogens with one attached hydrogen (secondary N) is 2. The first-order chi connectivity index (χ1) is 10.7. The van der Waals surface area contributed by atoms with Crippen molar-refractivity contribution in [2.24, 2.45) is 0 Å². The molecule has 0 bridgehead atoms. The van der Waals surface area contributed by atoms with Gasteiger partial charge in [0.15, 0.2) is 0 Å². The van der Waals surface area contributed by atoms with Gasteiger partial charge in [0.05, 0.1) is 7.11 Å². The van der Waals surface area contributed by atoms with Crippen LogP contribution in [0.3, 0.4) is 0 Å². The molecule has 5 nitrogen and oxygen atoms in total. The van der Waals surface area contributed by atoms with Gasteiger partial charge in [-0.1, -0.05) is 42.5 Å². The standard InChI is InChI=1S/C17H18N2O3/c1-22-17(21)18-12-11-16(20)19-15-9-7-14(8-10-15)13-5-3-2-4-6-13/h2-10H,11-12H2,1H3,(H,18,21)(H,19,20). The van der Waals surface area contributed by atoms with Crippen LogP contribution in [-0.4, -0.2) is 25.7 Å². The van der Waals surface area contributed by atoms with E-state index in [4.69, 9.17) is 0 Å². The molecule has 2 amide bonds. The molecule has 0 saturated heterocycles. The summed E-state index contributed by atoms with van der Waals surface area (Å²) in [4.78, 5) is 22.6. The van der Waals surface area contributed by atoms with Crippen LogP contribution < -0.4 is 10.6 Å². The first-order valence-corrected chi connectivity index (χ1v) is 6.96. The largest absolute Gasteiger partial charge is 0.453 e. The van der Waals surface area contributed by atoms with Crippen molar-refractivity contribution in [3.63, 3.8) is 0 Å². The number of anilines is 1. The highest BCUT2D eigenvalue weighted by molar-refractivity contribution is 5.91. The van der Waals surface area contributed by atoms with Gasteiger partial charge in [0.2, 0.25) is 5.91 Å². The lowest BCUT2D eigenvalue weighted by Crippen LogP contribution is -2.27. The smallest absolute Gasteiger partial charge is 0.406 e. The Morgan fingerprint density at radius 3 is 2.23 bits per heavy atom. The number of amides is 2. The van der Waals surface area contributed by atoms with E-state index in [0.717, 1.165) is 16.8 Å². The van der Waals surface area contributed by atoms with Gasteiger partial charge >= 0.3 is 6.09 Å². The molecule has 2 aromatic rings. The number of methoxy groups -OCH3 is 1. The quantitative estimate of drug-likeness (QED) is 0.891. The van der Waals surface area contributed by atoms with E-state index in [1.165, 1.54) is 7.11 Å². The van der Waals surface area contributed by atoms with Gasteiger partial charge in [0.1, 0.15) is 0 Å². The average molecular weight is 298 g/mol. The van der Waals surface area contributed by atoms with E-state index in [-0.39, 0.29) is 18.9 Å². The van der Waals surface area contributed by atoms with Crippen molar-refractivity contribution in [3.8, 4) is 11.1 Å². The first kappa shape index (κ1) is 15.6. The summed E-state index contributed by atoms with van der Waals surface area (Å²) in [6.45, 7) is 0.237. The third-order valence-corrected chi connectivity index (χ3v) is 3.08. The van der Waals surface area contributed by atoms with Crippen molar-refractivity contribution in [2.75, 3.05) is 19.0 Å². The van der Waals surface area contributed by atoms with Crippen molar-refractivity contribution in [1.29, 1.82) is 0 Å². The summed E-state index contributed by atoms with van der Waals surface area (Å²) >= 11 is 0. The van der Waals surface area contributed by atoms with Gasteiger partial charge in [0.25, 0.3) is 0 Å². The number of alkyl carbamates (subject to hydrolysis) is 1. The SMILES string of the molecule is COC(=O)NCCC(=O)Nc1ccc(-c2ccccc2)cc1. The van der Waals surface area contributed by atoms with Gasteiger partial charge in [-0.05, 0) is 23.3 Å². The normalized spacial score (nSPS) is 9.86. The molecule has 2 rings (SSSR count). The molecular formula is C17H18N2O3. The number of carbonyl (C=O) groups excluding carboxylic acids is 2. The molecule has 114 valence electrons. The summed E-state index contributed by atoms with van der Waals surface area (Å²) in [6.07, 6.45) is -0.352. The molecule has 2 aromatic carbocycles. The number of carbonyl (C=O) groups is 2. The number of rotatable bonds is 5. The Morgan fingerprint density at radius 1 is 0.955 bits per heavy atom. The van der Waals surface area contributed by atoms with Crippen LogP contribution >= 0.6 is 0 Å². The molecule has 2 N–H and O–H groups in total. The van der Waals surface area contributed by atoms with Gasteiger partial charge in [-0.3, -0.25) is 4.79 Å². The zero-order valence-corrected chi connectivity index (χ0v) is 12.3. The molecule has 0 saturated carbocycles. The van der Waals surface area contributed by atoms with Crippen LogP contribution in [-0.2, 0) is 9.53 Å². The first-order valence-electron chi connectivity index (χ1n) is 6.96. The summed E-state index contributed by atoms with van der Waals surface area (Å²) in [5.74, 6) is -0.163. The van der Waals surface area contributed by atoms with Crippen molar-refractivity contribution < 1.29 is 14.3 Å². The summed E-state index contributed by atoms with van der Waals surface area (Å²) in [5, 5.41) is 5.24. The van der Waals surface area contributed by atoms with Crippen molar-refractivity contribution in [1.82, 2.24) is 5.32 Å². The lowest BCUT2D eigenvalue weighted by Gasteiger charge is -2.07. The highest BCUT2D eigenvalue weighted by Gasteiger charge is 2.04. The Kier molecular flexibility index (Phi) is 5.54. The number of hydrogen-bond acceptors (Lipinski definition) is 3. The fourth-order valence-electron chi connectivity index (χ4n) is 1.95. The Hall–Kier alpha value is -2.82. The van der Waals surface area contributed by atoms with E-state index in [1.54, 1.807) is 0 Å². The van der Waals surface area contributed by atoms with Crippen LogP contribution in [0.25, 0.3) is 11.1 Å². The number of benzene rings is 2. The summed E-state index contributed by atoms with van der Waals surface area (Å²) in [7, 11) is 1.28. The maximum Gasteiger partial charge on any atom is 0.406 e. The third kappa shape index (κ3) is 4.63. The molecule has 0 spiro atoms. The van der Waals surface area contributed by atoms with Crippen LogP contribution in [0.1, 0.15) is 6.42 Å². The van der Waals surface area contributed by atoms with E-state index >= 15 is 0 Å². The summed E-state index contributed by atoms with van der Waals surface area (Å²) in [5.41, 5.74) is 2.94. The minimum atomic E-state index is -0.542. The summed E-state index contributed by atoms with van der Waals surface area (Å²) < 4.78 is 4.42. The van der Waals surface area contributed by atoms with E-state index < -0.39 is 6.09 Å². The van der Waals surface area contributed by atoms with Gasteiger partial charge in [0, 0.05) is 18.7 Å². The molecule has 22 heavy (non-hydrogen) atoms. The Morgan fingerprint density at radius 2 is 1.59 bits per heavy atom. The van der Waals surface area contributed by atoms with Gasteiger partial charge in [-0.25, -0.2) is 4.79 Å². The predicted octanol–water partition coefficient (Wildman–Crippen LogP) is 3.04. The van der Waals surface area contributed by atoms with E-state index in [2.05, 4.69) is 15.4 Å². The zero-order valence-electron chi connectivity index (χ0n) is 12.3. The van der Waals surface area contributed by atoms with Crippen LogP contribution in [0.15, 0.2) is 54.6 Å². The van der Waals surface area contributed by atoms with Crippen LogP contribution in [0, 0.1) is 0 Å². The number of ether oxygens (including phenoxy) is 1. The van der Waals surface area contributed by atoms with E-state index in [9.17, 15) is 9.59 Å². The highest BCUT2D eigenvalue weighted by atomic mass is 16.5. The molecule has 0 atom stereocenters. The second kappa shape index (κ2) is 7.83. The molecule has 0 aliphatic rings. The zero-order chi connectivity index (χ0) is 15.8. The second-order valence-electron chi connectivity index (χ2n) is 4.66. The van der Waals surface area contributed by atoms with Crippen LogP contribution in [0.4, 0.5) is 10.5 Å². The van der Waals surface area contributed by atoms with Crippen molar-refractivity contribution in [3.05, 3.63) is 54.6 Å². The average Bonchev–Trinajstić information content (AvgIpc) is 2.56. The fraction of sp³-hybridized carbons (Fsp3) is 0.176. The molecule has 0 radical (unpaired) electrons. The monoisotopic (exact) mass is 298 g/mol. The Labute approximate surface area is 129 Å². The van der Waals surface area contributed by atoms with Crippen LogP contribution in [0.5, 0.6) is 0 Å². The fourth-order valence-corrected chi connectivity index (χ4v) is 1.95. The molecule has 0 fully saturated rings. The molecule has 0 aromatic heterocycles. The molecule has 0 unspecified atom stereocenters. The van der Waals surface area contributed by atoms with Crippen LogP contribution in [0.2, 0.25) is 0 Å². The maximum atomic E-state index is 11.7. The maximum absolute atomic E-state index is 11.7. The van der Waals surface area contributed by atoms with Gasteiger partial charge in [-0.2, -0.15) is 0 Å². The number of hydrogen-bond donors (Lipinski definition) is 2. The highest BCUT2D eigenvalue weighted by Crippen LogP contribution is 2.20. The minimum absolute atomic E-state index is 0.163. The lowest BCUT2D eigenvalue weighted by atomic mass is 10.1. The third-order valence-electron chi connectivity index (χ3n) is 3.08.